The minimum absolute atomic E-state index is 0.0257. The molecule has 0 spiro atoms. The number of carbonyl (C=O) groups excluding carboxylic acids is 1. The molecule has 1 aliphatic rings. The second-order valence-electron chi connectivity index (χ2n) is 5.28. The third-order valence-corrected chi connectivity index (χ3v) is 4.21. The van der Waals surface area contributed by atoms with Crippen LogP contribution in [0.1, 0.15) is 30.6 Å². The summed E-state index contributed by atoms with van der Waals surface area (Å²) in [4.78, 5) is 14.3. The number of piperidine rings is 1. The van der Waals surface area contributed by atoms with E-state index in [-0.39, 0.29) is 11.7 Å². The molecule has 2 rings (SSSR count). The smallest absolute Gasteiger partial charge is 0.254 e. The van der Waals surface area contributed by atoms with Crippen LogP contribution in [0.25, 0.3) is 0 Å². The van der Waals surface area contributed by atoms with Gasteiger partial charge in [-0.2, -0.15) is 0 Å². The molecule has 4 heteroatoms. The number of carbonyl (C=O) groups is 1. The fourth-order valence-corrected chi connectivity index (χ4v) is 3.37. The predicted molar refractivity (Wildman–Crippen MR) is 78.0 cm³/mol. The van der Waals surface area contributed by atoms with Gasteiger partial charge in [-0.05, 0) is 59.0 Å². The third kappa shape index (κ3) is 3.02. The molecule has 0 radical (unpaired) electrons. The molecule has 0 N–H and O–H groups in total. The molecule has 0 saturated carbocycles. The minimum Gasteiger partial charge on any atom is -0.338 e. The van der Waals surface area contributed by atoms with E-state index in [0.717, 1.165) is 13.1 Å². The Hall–Kier alpha value is -0.650. The molecule has 0 bridgehead atoms. The van der Waals surface area contributed by atoms with Crippen LogP contribution in [0.4, 0.5) is 4.39 Å². The molecule has 2 atom stereocenters. The number of amides is 1. The summed E-state index contributed by atoms with van der Waals surface area (Å²) in [6, 6.07) is 4.35. The Kier molecular flexibility index (Phi) is 4.25. The van der Waals surface area contributed by atoms with Crippen LogP contribution in [0.2, 0.25) is 0 Å². The summed E-state index contributed by atoms with van der Waals surface area (Å²) >= 11 is 2.02. The van der Waals surface area contributed by atoms with E-state index in [1.807, 2.05) is 27.5 Å². The largest absolute Gasteiger partial charge is 0.338 e. The van der Waals surface area contributed by atoms with Gasteiger partial charge in [0.05, 0.1) is 5.56 Å². The zero-order chi connectivity index (χ0) is 13.3. The van der Waals surface area contributed by atoms with E-state index in [1.165, 1.54) is 18.6 Å². The number of benzene rings is 1. The van der Waals surface area contributed by atoms with Crippen molar-refractivity contribution in [3.8, 4) is 0 Å². The van der Waals surface area contributed by atoms with Crippen LogP contribution in [0.5, 0.6) is 0 Å². The van der Waals surface area contributed by atoms with Gasteiger partial charge in [-0.25, -0.2) is 4.39 Å². The van der Waals surface area contributed by atoms with Gasteiger partial charge in [0.1, 0.15) is 5.82 Å². The molecule has 0 aromatic heterocycles. The van der Waals surface area contributed by atoms with Crippen molar-refractivity contribution in [1.29, 1.82) is 0 Å². The number of hydrogen-bond donors (Lipinski definition) is 0. The Bertz CT molecular complexity index is 453. The molecule has 18 heavy (non-hydrogen) atoms. The summed E-state index contributed by atoms with van der Waals surface area (Å²) in [5.74, 6) is 0.806. The van der Waals surface area contributed by atoms with Crippen LogP contribution in [-0.4, -0.2) is 23.9 Å². The second-order valence-corrected chi connectivity index (χ2v) is 6.44. The van der Waals surface area contributed by atoms with Crippen LogP contribution < -0.4 is 0 Å². The van der Waals surface area contributed by atoms with Crippen molar-refractivity contribution in [3.63, 3.8) is 0 Å². The zero-order valence-corrected chi connectivity index (χ0v) is 12.8. The summed E-state index contributed by atoms with van der Waals surface area (Å²) < 4.78 is 13.7. The van der Waals surface area contributed by atoms with E-state index in [9.17, 15) is 9.18 Å². The molecule has 1 aromatic carbocycles. The highest BCUT2D eigenvalue weighted by atomic mass is 127. The third-order valence-electron chi connectivity index (χ3n) is 3.32. The average Bonchev–Trinajstić information content (AvgIpc) is 2.26. The molecular formula is C14H17FINO. The highest BCUT2D eigenvalue weighted by Crippen LogP contribution is 2.24. The van der Waals surface area contributed by atoms with E-state index in [2.05, 4.69) is 13.8 Å². The molecule has 0 aliphatic carbocycles. The van der Waals surface area contributed by atoms with Crippen molar-refractivity contribution >= 4 is 28.5 Å². The van der Waals surface area contributed by atoms with Crippen LogP contribution in [0.3, 0.4) is 0 Å². The monoisotopic (exact) mass is 361 g/mol. The summed E-state index contributed by atoms with van der Waals surface area (Å²) in [5, 5.41) is 0. The first-order chi connectivity index (χ1) is 8.47. The lowest BCUT2D eigenvalue weighted by atomic mass is 9.91. The number of rotatable bonds is 1. The Morgan fingerprint density at radius 2 is 1.94 bits per heavy atom. The van der Waals surface area contributed by atoms with Crippen LogP contribution >= 0.6 is 22.6 Å². The summed E-state index contributed by atoms with van der Waals surface area (Å²) in [6.07, 6.45) is 1.17. The Balaban J connectivity index is 2.20. The second kappa shape index (κ2) is 5.55. The van der Waals surface area contributed by atoms with E-state index in [1.54, 1.807) is 6.07 Å². The molecule has 1 saturated heterocycles. The maximum atomic E-state index is 13.0. The minimum atomic E-state index is -0.295. The van der Waals surface area contributed by atoms with Crippen LogP contribution in [-0.2, 0) is 0 Å². The average molecular weight is 361 g/mol. The molecule has 1 fully saturated rings. The van der Waals surface area contributed by atoms with Gasteiger partial charge in [0.2, 0.25) is 0 Å². The molecule has 1 heterocycles. The molecule has 98 valence electrons. The highest BCUT2D eigenvalue weighted by Gasteiger charge is 2.27. The summed E-state index contributed by atoms with van der Waals surface area (Å²) in [6.45, 7) is 5.95. The number of hydrogen-bond acceptors (Lipinski definition) is 1. The standard InChI is InChI=1S/C14H17FINO/c1-9-5-10(2)8-17(7-9)14(18)12-4-3-11(15)6-13(12)16/h3-4,6,9-10H,5,7-8H2,1-2H3. The molecule has 1 amide bonds. The van der Waals surface area contributed by atoms with E-state index in [0.29, 0.717) is 21.0 Å². The van der Waals surface area contributed by atoms with Crippen molar-refractivity contribution in [2.75, 3.05) is 13.1 Å². The van der Waals surface area contributed by atoms with Crippen molar-refractivity contribution in [2.24, 2.45) is 11.8 Å². The van der Waals surface area contributed by atoms with Gasteiger partial charge in [-0.15, -0.1) is 0 Å². The number of nitrogens with zero attached hydrogens (tertiary/aromatic N) is 1. The van der Waals surface area contributed by atoms with Crippen molar-refractivity contribution in [2.45, 2.75) is 20.3 Å². The first-order valence-corrected chi connectivity index (χ1v) is 7.29. The quantitative estimate of drug-likeness (QED) is 0.701. The number of likely N-dealkylation sites (tertiary alicyclic amines) is 1. The summed E-state index contributed by atoms with van der Waals surface area (Å²) in [5.41, 5.74) is 0.610. The van der Waals surface area contributed by atoms with E-state index >= 15 is 0 Å². The van der Waals surface area contributed by atoms with Crippen LogP contribution in [0, 0.1) is 21.2 Å². The Morgan fingerprint density at radius 1 is 1.33 bits per heavy atom. The van der Waals surface area contributed by atoms with Gasteiger partial charge in [0.15, 0.2) is 0 Å². The van der Waals surface area contributed by atoms with Gasteiger partial charge < -0.3 is 4.90 Å². The van der Waals surface area contributed by atoms with Gasteiger partial charge in [-0.1, -0.05) is 13.8 Å². The first-order valence-electron chi connectivity index (χ1n) is 6.21. The maximum Gasteiger partial charge on any atom is 0.254 e. The van der Waals surface area contributed by atoms with Gasteiger partial charge >= 0.3 is 0 Å². The lowest BCUT2D eigenvalue weighted by Crippen LogP contribution is -2.42. The SMILES string of the molecule is CC1CC(C)CN(C(=O)c2ccc(F)cc2I)C1. The van der Waals surface area contributed by atoms with Crippen molar-refractivity contribution < 1.29 is 9.18 Å². The lowest BCUT2D eigenvalue weighted by molar-refractivity contribution is 0.0622. The predicted octanol–water partition coefficient (Wildman–Crippen LogP) is 3.55. The summed E-state index contributed by atoms with van der Waals surface area (Å²) in [7, 11) is 0. The van der Waals surface area contributed by atoms with E-state index < -0.39 is 0 Å². The Morgan fingerprint density at radius 3 is 2.50 bits per heavy atom. The molecular weight excluding hydrogens is 344 g/mol. The zero-order valence-electron chi connectivity index (χ0n) is 10.6. The van der Waals surface area contributed by atoms with Gasteiger partial charge in [-0.3, -0.25) is 4.79 Å². The van der Waals surface area contributed by atoms with Crippen molar-refractivity contribution in [3.05, 3.63) is 33.1 Å². The van der Waals surface area contributed by atoms with E-state index in [4.69, 9.17) is 0 Å². The van der Waals surface area contributed by atoms with Crippen LogP contribution in [0.15, 0.2) is 18.2 Å². The maximum absolute atomic E-state index is 13.0. The molecule has 1 aliphatic heterocycles. The van der Waals surface area contributed by atoms with Gasteiger partial charge in [0.25, 0.3) is 5.91 Å². The van der Waals surface area contributed by atoms with Crippen molar-refractivity contribution in [1.82, 2.24) is 4.90 Å². The van der Waals surface area contributed by atoms with Gasteiger partial charge in [0, 0.05) is 16.7 Å². The fraction of sp³-hybridized carbons (Fsp3) is 0.500. The highest BCUT2D eigenvalue weighted by molar-refractivity contribution is 14.1. The molecule has 2 unspecified atom stereocenters. The normalized spacial score (nSPS) is 24.1. The fourth-order valence-electron chi connectivity index (χ4n) is 2.66. The first kappa shape index (κ1) is 13.8. The topological polar surface area (TPSA) is 20.3 Å². The molecule has 2 nitrogen and oxygen atoms in total. The Labute approximate surface area is 121 Å². The lowest BCUT2D eigenvalue weighted by Gasteiger charge is -2.35. The number of halogens is 2. The molecule has 1 aromatic rings.